The second kappa shape index (κ2) is 8.99. The molecular weight excluding hydrogens is 360 g/mol. The first-order valence-corrected chi connectivity index (χ1v) is 10.1. The van der Waals surface area contributed by atoms with Gasteiger partial charge in [-0.3, -0.25) is 4.79 Å². The molecule has 5 nitrogen and oxygen atoms in total. The van der Waals surface area contributed by atoms with E-state index in [1.807, 2.05) is 30.3 Å². The highest BCUT2D eigenvalue weighted by molar-refractivity contribution is 7.88. The fourth-order valence-electron chi connectivity index (χ4n) is 2.38. The van der Waals surface area contributed by atoms with Crippen molar-refractivity contribution in [1.29, 1.82) is 0 Å². The quantitative estimate of drug-likeness (QED) is 0.764. The van der Waals surface area contributed by atoms with Crippen LogP contribution in [0.3, 0.4) is 0 Å². The van der Waals surface area contributed by atoms with Crippen LogP contribution in [-0.2, 0) is 21.2 Å². The second-order valence-corrected chi connectivity index (χ2v) is 8.10. The van der Waals surface area contributed by atoms with E-state index in [4.69, 9.17) is 11.6 Å². The van der Waals surface area contributed by atoms with Crippen LogP contribution >= 0.6 is 11.6 Å². The lowest BCUT2D eigenvalue weighted by Gasteiger charge is -2.19. The van der Waals surface area contributed by atoms with Gasteiger partial charge in [0.25, 0.3) is 0 Å². The molecule has 1 amide bonds. The third-order valence-corrected chi connectivity index (χ3v) is 5.23. The fraction of sp³-hybridized carbons (Fsp3) is 0.278. The largest absolute Gasteiger partial charge is 0.324 e. The smallest absolute Gasteiger partial charge is 0.239 e. The summed E-state index contributed by atoms with van der Waals surface area (Å²) in [5.74, 6) is -0.418. The Balaban J connectivity index is 1.93. The molecule has 0 saturated heterocycles. The number of carbonyl (C=O) groups excluding carboxylic acids is 1. The zero-order valence-corrected chi connectivity index (χ0v) is 15.6. The summed E-state index contributed by atoms with van der Waals surface area (Å²) in [6.45, 7) is 0.0442. The summed E-state index contributed by atoms with van der Waals surface area (Å²) < 4.78 is 25.1. The van der Waals surface area contributed by atoms with Crippen LogP contribution < -0.4 is 5.32 Å². The molecule has 1 N–H and O–H groups in total. The number of aryl methyl sites for hydroxylation is 1. The molecule has 25 heavy (non-hydrogen) atoms. The van der Waals surface area contributed by atoms with Gasteiger partial charge in [-0.15, -0.1) is 0 Å². The van der Waals surface area contributed by atoms with Gasteiger partial charge in [-0.2, -0.15) is 4.31 Å². The van der Waals surface area contributed by atoms with E-state index in [1.165, 1.54) is 4.31 Å². The summed E-state index contributed by atoms with van der Waals surface area (Å²) >= 11 is 6.00. The molecule has 0 unspecified atom stereocenters. The molecule has 0 fully saturated rings. The lowest BCUT2D eigenvalue weighted by molar-refractivity contribution is -0.116. The number of benzene rings is 2. The number of para-hydroxylation sites is 1. The predicted molar refractivity (Wildman–Crippen MR) is 101 cm³/mol. The van der Waals surface area contributed by atoms with Crippen LogP contribution in [0.25, 0.3) is 0 Å². The van der Waals surface area contributed by atoms with Gasteiger partial charge in [-0.25, -0.2) is 8.42 Å². The SMILES string of the molecule is CS(=O)(=O)N(CCCc1ccccc1)CC(=O)Nc1ccccc1Cl. The highest BCUT2D eigenvalue weighted by Gasteiger charge is 2.20. The molecule has 0 saturated carbocycles. The number of nitrogens with one attached hydrogen (secondary N) is 1. The highest BCUT2D eigenvalue weighted by Crippen LogP contribution is 2.20. The van der Waals surface area contributed by atoms with E-state index in [9.17, 15) is 13.2 Å². The monoisotopic (exact) mass is 380 g/mol. The van der Waals surface area contributed by atoms with Gasteiger partial charge >= 0.3 is 0 Å². The van der Waals surface area contributed by atoms with Crippen molar-refractivity contribution in [2.24, 2.45) is 0 Å². The van der Waals surface area contributed by atoms with E-state index in [0.29, 0.717) is 17.1 Å². The Kier molecular flexibility index (Phi) is 6.99. The van der Waals surface area contributed by atoms with Gasteiger partial charge in [0, 0.05) is 6.54 Å². The molecule has 0 heterocycles. The number of nitrogens with zero attached hydrogens (tertiary/aromatic N) is 1. The third-order valence-electron chi connectivity index (χ3n) is 3.65. The normalized spacial score (nSPS) is 11.5. The molecule has 0 aliphatic heterocycles. The number of amides is 1. The van der Waals surface area contributed by atoms with Crippen molar-refractivity contribution in [3.05, 3.63) is 65.2 Å². The van der Waals surface area contributed by atoms with Crippen molar-refractivity contribution in [3.8, 4) is 0 Å². The standard InChI is InChI=1S/C18H21ClN2O3S/c1-25(23,24)21(13-7-10-15-8-3-2-4-9-15)14-18(22)20-17-12-6-5-11-16(17)19/h2-6,8-9,11-12H,7,10,13-14H2,1H3,(H,20,22). The summed E-state index contributed by atoms with van der Waals surface area (Å²) in [5, 5.41) is 3.05. The molecular formula is C18H21ClN2O3S. The zero-order chi connectivity index (χ0) is 18.3. The van der Waals surface area contributed by atoms with Crippen LogP contribution in [-0.4, -0.2) is 38.0 Å². The number of carbonyl (C=O) groups is 1. The van der Waals surface area contributed by atoms with E-state index in [1.54, 1.807) is 24.3 Å². The van der Waals surface area contributed by atoms with Gasteiger partial charge in [-0.05, 0) is 30.5 Å². The molecule has 0 atom stereocenters. The first-order valence-electron chi connectivity index (χ1n) is 7.89. The number of anilines is 1. The van der Waals surface area contributed by atoms with Crippen LogP contribution in [0.15, 0.2) is 54.6 Å². The van der Waals surface area contributed by atoms with Crippen molar-refractivity contribution in [2.45, 2.75) is 12.8 Å². The lowest BCUT2D eigenvalue weighted by Crippen LogP contribution is -2.38. The van der Waals surface area contributed by atoms with Crippen LogP contribution in [0.1, 0.15) is 12.0 Å². The van der Waals surface area contributed by atoms with Gasteiger partial charge < -0.3 is 5.32 Å². The number of hydrogen-bond donors (Lipinski definition) is 1. The minimum atomic E-state index is -3.48. The minimum Gasteiger partial charge on any atom is -0.324 e. The summed E-state index contributed by atoms with van der Waals surface area (Å²) in [6, 6.07) is 16.6. The molecule has 0 spiro atoms. The average Bonchev–Trinajstić information content (AvgIpc) is 2.56. The lowest BCUT2D eigenvalue weighted by atomic mass is 10.1. The van der Waals surface area contributed by atoms with Gasteiger partial charge in [-0.1, -0.05) is 54.1 Å². The van der Waals surface area contributed by atoms with Crippen LogP contribution in [0.5, 0.6) is 0 Å². The third kappa shape index (κ3) is 6.49. The van der Waals surface area contributed by atoms with Gasteiger partial charge in [0.1, 0.15) is 0 Å². The van der Waals surface area contributed by atoms with Crippen LogP contribution in [0.4, 0.5) is 5.69 Å². The summed E-state index contributed by atoms with van der Waals surface area (Å²) in [4.78, 5) is 12.2. The van der Waals surface area contributed by atoms with Crippen molar-refractivity contribution in [2.75, 3.05) is 24.7 Å². The van der Waals surface area contributed by atoms with Gasteiger partial charge in [0.05, 0.1) is 23.5 Å². The average molecular weight is 381 g/mol. The Morgan fingerprint density at radius 1 is 1.08 bits per heavy atom. The van der Waals surface area contributed by atoms with Crippen molar-refractivity contribution < 1.29 is 13.2 Å². The number of hydrogen-bond acceptors (Lipinski definition) is 3. The van der Waals surface area contributed by atoms with Crippen LogP contribution in [0.2, 0.25) is 5.02 Å². The van der Waals surface area contributed by atoms with E-state index >= 15 is 0 Å². The molecule has 0 aromatic heterocycles. The van der Waals surface area contributed by atoms with E-state index in [0.717, 1.165) is 18.2 Å². The first-order chi connectivity index (χ1) is 11.9. The molecule has 134 valence electrons. The Labute approximate surface area is 153 Å². The Hall–Kier alpha value is -1.89. The maximum Gasteiger partial charge on any atom is 0.239 e. The van der Waals surface area contributed by atoms with Gasteiger partial charge in [0.15, 0.2) is 0 Å². The summed E-state index contributed by atoms with van der Waals surface area (Å²) in [6.07, 6.45) is 2.49. The maximum absolute atomic E-state index is 12.2. The number of halogens is 1. The maximum atomic E-state index is 12.2. The van der Waals surface area contributed by atoms with Crippen molar-refractivity contribution in [1.82, 2.24) is 4.31 Å². The second-order valence-electron chi connectivity index (χ2n) is 5.71. The van der Waals surface area contributed by atoms with Crippen LogP contribution in [0, 0.1) is 0 Å². The molecule has 2 aromatic rings. The molecule has 0 aliphatic rings. The van der Waals surface area contributed by atoms with E-state index in [2.05, 4.69) is 5.32 Å². The minimum absolute atomic E-state index is 0.237. The number of rotatable bonds is 8. The van der Waals surface area contributed by atoms with E-state index < -0.39 is 15.9 Å². The number of sulfonamides is 1. The Morgan fingerprint density at radius 2 is 1.72 bits per heavy atom. The topological polar surface area (TPSA) is 66.5 Å². The summed E-state index contributed by atoms with van der Waals surface area (Å²) in [7, 11) is -3.48. The summed E-state index contributed by atoms with van der Waals surface area (Å²) in [5.41, 5.74) is 1.60. The predicted octanol–water partition coefficient (Wildman–Crippen LogP) is 3.17. The molecule has 7 heteroatoms. The van der Waals surface area contributed by atoms with Crippen molar-refractivity contribution in [3.63, 3.8) is 0 Å². The first kappa shape index (κ1) is 19.4. The highest BCUT2D eigenvalue weighted by atomic mass is 35.5. The zero-order valence-electron chi connectivity index (χ0n) is 14.0. The molecule has 0 radical (unpaired) electrons. The molecule has 2 aromatic carbocycles. The van der Waals surface area contributed by atoms with Crippen molar-refractivity contribution >= 4 is 33.2 Å². The fourth-order valence-corrected chi connectivity index (χ4v) is 3.37. The molecule has 2 rings (SSSR count). The molecule has 0 bridgehead atoms. The van der Waals surface area contributed by atoms with Gasteiger partial charge in [0.2, 0.25) is 15.9 Å². The molecule has 0 aliphatic carbocycles. The Morgan fingerprint density at radius 3 is 2.36 bits per heavy atom. The van der Waals surface area contributed by atoms with E-state index in [-0.39, 0.29) is 13.1 Å². The Bertz CT molecular complexity index is 810.